The van der Waals surface area contributed by atoms with E-state index in [4.69, 9.17) is 4.42 Å². The molecule has 7 heteroatoms. The van der Waals surface area contributed by atoms with E-state index in [2.05, 4.69) is 63.6 Å². The van der Waals surface area contributed by atoms with E-state index in [-0.39, 0.29) is 24.0 Å². The minimum absolute atomic E-state index is 0. The largest absolute Gasteiger partial charge is 0.444 e. The maximum Gasteiger partial charge on any atom is 0.214 e. The quantitative estimate of drug-likeness (QED) is 0.368. The molecule has 144 valence electrons. The third kappa shape index (κ3) is 6.51. The molecule has 6 nitrogen and oxygen atoms in total. The number of halogens is 1. The highest BCUT2D eigenvalue weighted by Gasteiger charge is 2.07. The number of rotatable bonds is 7. The first-order valence-electron chi connectivity index (χ1n) is 8.72. The van der Waals surface area contributed by atoms with Crippen molar-refractivity contribution in [3.05, 3.63) is 47.2 Å². The van der Waals surface area contributed by atoms with Gasteiger partial charge >= 0.3 is 0 Å². The number of oxazole rings is 1. The fourth-order valence-corrected chi connectivity index (χ4v) is 2.60. The lowest BCUT2D eigenvalue weighted by atomic mass is 10.2. The lowest BCUT2D eigenvalue weighted by Gasteiger charge is -2.24. The molecule has 0 fully saturated rings. The molecule has 0 atom stereocenters. The van der Waals surface area contributed by atoms with Gasteiger partial charge in [0.15, 0.2) is 5.96 Å². The summed E-state index contributed by atoms with van der Waals surface area (Å²) < 4.78 is 5.57. The zero-order chi connectivity index (χ0) is 18.2. The molecular formula is C19H30IN5O. The van der Waals surface area contributed by atoms with Crippen molar-refractivity contribution in [2.75, 3.05) is 31.6 Å². The highest BCUT2D eigenvalue weighted by Crippen LogP contribution is 2.15. The number of nitrogens with zero attached hydrogens (tertiary/aromatic N) is 3. The minimum atomic E-state index is 0. The van der Waals surface area contributed by atoms with E-state index in [1.807, 2.05) is 13.8 Å². The lowest BCUT2D eigenvalue weighted by molar-refractivity contribution is 0.464. The molecule has 0 aliphatic heterocycles. The Bertz CT molecular complexity index is 694. The highest BCUT2D eigenvalue weighted by molar-refractivity contribution is 14.0. The molecule has 2 N–H and O–H groups in total. The zero-order valence-corrected chi connectivity index (χ0v) is 18.6. The third-order valence-corrected chi connectivity index (χ3v) is 4.13. The van der Waals surface area contributed by atoms with Gasteiger partial charge < -0.3 is 20.0 Å². The Morgan fingerprint density at radius 3 is 2.58 bits per heavy atom. The van der Waals surface area contributed by atoms with Crippen molar-refractivity contribution < 1.29 is 4.42 Å². The summed E-state index contributed by atoms with van der Waals surface area (Å²) in [5.41, 5.74) is 3.45. The van der Waals surface area contributed by atoms with Gasteiger partial charge in [-0.2, -0.15) is 0 Å². The van der Waals surface area contributed by atoms with Crippen molar-refractivity contribution >= 4 is 35.6 Å². The van der Waals surface area contributed by atoms with Gasteiger partial charge in [0.1, 0.15) is 5.76 Å². The summed E-state index contributed by atoms with van der Waals surface area (Å²) in [5, 5.41) is 6.57. The van der Waals surface area contributed by atoms with Gasteiger partial charge in [0.05, 0.1) is 12.2 Å². The number of aromatic nitrogens is 1. The van der Waals surface area contributed by atoms with Crippen LogP contribution in [0.5, 0.6) is 0 Å². The standard InChI is InChI=1S/C19H29N5O.HI/c1-6-24(17-9-7-8-14(2)12-17)11-10-21-19(20-5)22-13-18-23-15(3)16(4)25-18;/h7-9,12H,6,10-11,13H2,1-5H3,(H2,20,21,22);1H. The van der Waals surface area contributed by atoms with E-state index < -0.39 is 0 Å². The number of likely N-dealkylation sites (N-methyl/N-ethyl adjacent to an activating group) is 1. The SMILES string of the molecule is CCN(CCNC(=NC)NCc1nc(C)c(C)o1)c1cccc(C)c1.I. The topological polar surface area (TPSA) is 65.7 Å². The van der Waals surface area contributed by atoms with Crippen molar-refractivity contribution in [2.24, 2.45) is 4.99 Å². The molecule has 0 spiro atoms. The molecular weight excluding hydrogens is 441 g/mol. The van der Waals surface area contributed by atoms with E-state index in [0.717, 1.165) is 37.0 Å². The number of benzene rings is 1. The average Bonchev–Trinajstić information content (AvgIpc) is 2.92. The minimum Gasteiger partial charge on any atom is -0.444 e. The zero-order valence-electron chi connectivity index (χ0n) is 16.3. The van der Waals surface area contributed by atoms with E-state index in [0.29, 0.717) is 12.4 Å². The molecule has 1 aromatic carbocycles. The van der Waals surface area contributed by atoms with Crippen LogP contribution < -0.4 is 15.5 Å². The summed E-state index contributed by atoms with van der Waals surface area (Å²) in [7, 11) is 1.76. The molecule has 0 saturated heterocycles. The van der Waals surface area contributed by atoms with Gasteiger partial charge in [-0.25, -0.2) is 4.98 Å². The molecule has 0 amide bonds. The van der Waals surface area contributed by atoms with Crippen LogP contribution in [0.4, 0.5) is 5.69 Å². The van der Waals surface area contributed by atoms with E-state index in [1.165, 1.54) is 11.3 Å². The Balaban J connectivity index is 0.00000338. The predicted molar refractivity (Wildman–Crippen MR) is 119 cm³/mol. The van der Waals surface area contributed by atoms with Crippen LogP contribution in [0.25, 0.3) is 0 Å². The van der Waals surface area contributed by atoms with Crippen LogP contribution in [-0.2, 0) is 6.54 Å². The van der Waals surface area contributed by atoms with Crippen LogP contribution in [0, 0.1) is 20.8 Å². The van der Waals surface area contributed by atoms with E-state index in [1.54, 1.807) is 7.05 Å². The normalized spacial score (nSPS) is 11.0. The average molecular weight is 471 g/mol. The summed E-state index contributed by atoms with van der Waals surface area (Å²) in [4.78, 5) is 11.0. The first-order chi connectivity index (χ1) is 12.0. The Hall–Kier alpha value is -1.77. The fraction of sp³-hybridized carbons (Fsp3) is 0.474. The number of guanidine groups is 1. The molecule has 0 bridgehead atoms. The number of anilines is 1. The van der Waals surface area contributed by atoms with Crippen LogP contribution in [0.15, 0.2) is 33.7 Å². The summed E-state index contributed by atoms with van der Waals surface area (Å²) in [6.45, 7) is 11.3. The van der Waals surface area contributed by atoms with Crippen molar-refractivity contribution in [3.63, 3.8) is 0 Å². The second kappa shape index (κ2) is 11.1. The van der Waals surface area contributed by atoms with Crippen molar-refractivity contribution in [3.8, 4) is 0 Å². The van der Waals surface area contributed by atoms with Crippen molar-refractivity contribution in [1.29, 1.82) is 0 Å². The molecule has 2 aromatic rings. The molecule has 0 aliphatic rings. The van der Waals surface area contributed by atoms with Crippen LogP contribution in [-0.4, -0.2) is 37.6 Å². The number of hydrogen-bond donors (Lipinski definition) is 2. The van der Waals surface area contributed by atoms with Gasteiger partial charge in [0, 0.05) is 32.4 Å². The van der Waals surface area contributed by atoms with Crippen LogP contribution in [0.2, 0.25) is 0 Å². The first kappa shape index (κ1) is 22.3. The van der Waals surface area contributed by atoms with E-state index in [9.17, 15) is 0 Å². The lowest BCUT2D eigenvalue weighted by Crippen LogP contribution is -2.41. The Morgan fingerprint density at radius 1 is 1.23 bits per heavy atom. The van der Waals surface area contributed by atoms with Crippen molar-refractivity contribution in [1.82, 2.24) is 15.6 Å². The highest BCUT2D eigenvalue weighted by atomic mass is 127. The second-order valence-corrected chi connectivity index (χ2v) is 6.02. The van der Waals surface area contributed by atoms with Gasteiger partial charge in [-0.05, 0) is 45.4 Å². The number of nitrogens with one attached hydrogen (secondary N) is 2. The first-order valence-corrected chi connectivity index (χ1v) is 8.72. The maximum absolute atomic E-state index is 5.57. The smallest absolute Gasteiger partial charge is 0.214 e. The molecule has 1 heterocycles. The van der Waals surface area contributed by atoms with Gasteiger partial charge in [0.2, 0.25) is 5.89 Å². The Morgan fingerprint density at radius 2 is 2.00 bits per heavy atom. The van der Waals surface area contributed by atoms with Gasteiger partial charge in [-0.1, -0.05) is 12.1 Å². The van der Waals surface area contributed by atoms with Crippen LogP contribution >= 0.6 is 24.0 Å². The van der Waals surface area contributed by atoms with Crippen molar-refractivity contribution in [2.45, 2.75) is 34.2 Å². The van der Waals surface area contributed by atoms with E-state index >= 15 is 0 Å². The molecule has 0 radical (unpaired) electrons. The third-order valence-electron chi connectivity index (χ3n) is 4.13. The molecule has 0 unspecified atom stereocenters. The van der Waals surface area contributed by atoms with Gasteiger partial charge in [0.25, 0.3) is 0 Å². The molecule has 1 aromatic heterocycles. The summed E-state index contributed by atoms with van der Waals surface area (Å²) >= 11 is 0. The number of aliphatic imine (C=N–C) groups is 1. The second-order valence-electron chi connectivity index (χ2n) is 6.02. The summed E-state index contributed by atoms with van der Waals surface area (Å²) in [6.07, 6.45) is 0. The van der Waals surface area contributed by atoms with Gasteiger partial charge in [-0.15, -0.1) is 24.0 Å². The summed E-state index contributed by atoms with van der Waals surface area (Å²) in [5.74, 6) is 2.28. The predicted octanol–water partition coefficient (Wildman–Crippen LogP) is 3.41. The molecule has 2 rings (SSSR count). The van der Waals surface area contributed by atoms with Gasteiger partial charge in [-0.3, -0.25) is 4.99 Å². The summed E-state index contributed by atoms with van der Waals surface area (Å²) in [6, 6.07) is 8.58. The number of hydrogen-bond acceptors (Lipinski definition) is 4. The Labute approximate surface area is 173 Å². The van der Waals surface area contributed by atoms with Crippen LogP contribution in [0.1, 0.15) is 29.8 Å². The molecule has 0 aliphatic carbocycles. The van der Waals surface area contributed by atoms with Crippen LogP contribution in [0.3, 0.4) is 0 Å². The maximum atomic E-state index is 5.57. The molecule has 26 heavy (non-hydrogen) atoms. The monoisotopic (exact) mass is 471 g/mol. The molecule has 0 saturated carbocycles. The fourth-order valence-electron chi connectivity index (χ4n) is 2.60. The number of aryl methyl sites for hydroxylation is 3. The Kier molecular flexibility index (Phi) is 9.47.